The average molecular weight is 407 g/mol. The van der Waals surface area contributed by atoms with Crippen LogP contribution in [0.15, 0.2) is 72.2 Å². The normalized spacial score (nSPS) is 10.3. The number of aromatic nitrogens is 1. The lowest BCUT2D eigenvalue weighted by molar-refractivity contribution is 1.09. The smallest absolute Gasteiger partial charge is 0.114 e. The second kappa shape index (κ2) is 8.61. The maximum atomic E-state index is 9.07. The van der Waals surface area contributed by atoms with Gasteiger partial charge in [-0.3, -0.25) is 0 Å². The minimum Gasteiger partial charge on any atom is -0.389 e. The minimum atomic E-state index is 0.647. The van der Waals surface area contributed by atoms with Crippen molar-refractivity contribution >= 4 is 16.3 Å². The molecule has 4 rings (SSSR count). The van der Waals surface area contributed by atoms with E-state index in [9.17, 15) is 0 Å². The van der Waals surface area contributed by atoms with Crippen molar-refractivity contribution in [1.82, 2.24) is 4.98 Å². The summed E-state index contributed by atoms with van der Waals surface area (Å²) < 4.78 is 0. The molecule has 0 saturated carbocycles. The summed E-state index contributed by atoms with van der Waals surface area (Å²) in [5, 5.41) is 18.8. The molecule has 1 heterocycles. The van der Waals surface area contributed by atoms with Gasteiger partial charge in [0.15, 0.2) is 0 Å². The van der Waals surface area contributed by atoms with Crippen molar-refractivity contribution in [3.05, 3.63) is 106 Å². The van der Waals surface area contributed by atoms with Gasteiger partial charge in [-0.15, -0.1) is 11.3 Å². The van der Waals surface area contributed by atoms with Gasteiger partial charge >= 0.3 is 0 Å². The Labute approximate surface area is 179 Å². The van der Waals surface area contributed by atoms with Crippen LogP contribution in [0.2, 0.25) is 0 Å². The van der Waals surface area contributed by atoms with E-state index >= 15 is 0 Å². The number of rotatable bonds is 5. The summed E-state index contributed by atoms with van der Waals surface area (Å²) in [5.74, 6) is 0. The highest BCUT2D eigenvalue weighted by Crippen LogP contribution is 2.34. The van der Waals surface area contributed by atoms with Crippen LogP contribution >= 0.6 is 11.3 Å². The zero-order valence-electron chi connectivity index (χ0n) is 16.2. The van der Waals surface area contributed by atoms with E-state index in [0.29, 0.717) is 22.5 Å². The highest BCUT2D eigenvalue weighted by atomic mass is 32.1. The first-order valence-corrected chi connectivity index (χ1v) is 10.3. The number of nitrogen functional groups attached to an aromatic ring is 1. The summed E-state index contributed by atoms with van der Waals surface area (Å²) in [6, 6.07) is 25.9. The number of hydrogen-bond donors (Lipinski definition) is 1. The van der Waals surface area contributed by atoms with E-state index in [1.54, 1.807) is 5.51 Å². The lowest BCUT2D eigenvalue weighted by Crippen LogP contribution is -2.01. The molecule has 2 N–H and O–H groups in total. The zero-order chi connectivity index (χ0) is 20.9. The first kappa shape index (κ1) is 19.4. The topological polar surface area (TPSA) is 86.5 Å². The van der Waals surface area contributed by atoms with E-state index in [0.717, 1.165) is 28.8 Å². The third kappa shape index (κ3) is 4.07. The van der Waals surface area contributed by atoms with Gasteiger partial charge in [-0.05, 0) is 59.4 Å². The van der Waals surface area contributed by atoms with Gasteiger partial charge in [0.1, 0.15) is 10.7 Å². The Bertz CT molecular complexity index is 1260. The van der Waals surface area contributed by atoms with Crippen LogP contribution in [0.4, 0.5) is 5.00 Å². The molecule has 0 saturated heterocycles. The fourth-order valence-corrected chi connectivity index (χ4v) is 4.05. The number of thiazole rings is 1. The largest absolute Gasteiger partial charge is 0.389 e. The van der Waals surface area contributed by atoms with Crippen molar-refractivity contribution in [2.24, 2.45) is 0 Å². The number of nitriles is 2. The van der Waals surface area contributed by atoms with Gasteiger partial charge in [-0.25, -0.2) is 4.98 Å². The molecular weight excluding hydrogens is 388 g/mol. The van der Waals surface area contributed by atoms with Crippen LogP contribution in [0.25, 0.3) is 11.3 Å². The third-order valence-electron chi connectivity index (χ3n) is 5.06. The Morgan fingerprint density at radius 1 is 0.800 bits per heavy atom. The molecule has 3 aromatic carbocycles. The molecule has 0 bridgehead atoms. The van der Waals surface area contributed by atoms with Gasteiger partial charge in [-0.2, -0.15) is 10.5 Å². The summed E-state index contributed by atoms with van der Waals surface area (Å²) in [5.41, 5.74) is 15.7. The molecule has 0 radical (unpaired) electrons. The molecule has 0 aliphatic rings. The van der Waals surface area contributed by atoms with E-state index < -0.39 is 0 Å². The van der Waals surface area contributed by atoms with Gasteiger partial charge in [0.05, 0.1) is 28.8 Å². The number of benzene rings is 3. The minimum absolute atomic E-state index is 0.647. The second-order valence-corrected chi connectivity index (χ2v) is 7.87. The second-order valence-electron chi connectivity index (χ2n) is 6.98. The Kier molecular flexibility index (Phi) is 5.57. The van der Waals surface area contributed by atoms with Crippen molar-refractivity contribution < 1.29 is 0 Å². The van der Waals surface area contributed by atoms with Crippen molar-refractivity contribution in [2.45, 2.75) is 12.8 Å². The number of anilines is 1. The van der Waals surface area contributed by atoms with Crippen LogP contribution in [0, 0.1) is 22.7 Å². The van der Waals surface area contributed by atoms with Gasteiger partial charge < -0.3 is 5.73 Å². The Morgan fingerprint density at radius 2 is 1.40 bits per heavy atom. The molecular formula is C25H18N4S. The van der Waals surface area contributed by atoms with Crippen LogP contribution in [0.5, 0.6) is 0 Å². The number of nitrogens with two attached hydrogens (primary N) is 1. The molecule has 0 amide bonds. The van der Waals surface area contributed by atoms with E-state index in [-0.39, 0.29) is 0 Å². The first-order valence-electron chi connectivity index (χ1n) is 9.46. The molecule has 0 atom stereocenters. The molecule has 0 spiro atoms. The van der Waals surface area contributed by atoms with Crippen molar-refractivity contribution in [3.8, 4) is 23.4 Å². The lowest BCUT2D eigenvalue weighted by Gasteiger charge is -2.15. The van der Waals surface area contributed by atoms with Crippen molar-refractivity contribution in [1.29, 1.82) is 10.5 Å². The third-order valence-corrected chi connectivity index (χ3v) is 5.72. The molecule has 0 aliphatic heterocycles. The molecule has 144 valence electrons. The number of hydrogen-bond acceptors (Lipinski definition) is 5. The molecule has 30 heavy (non-hydrogen) atoms. The van der Waals surface area contributed by atoms with Gasteiger partial charge in [0.25, 0.3) is 0 Å². The van der Waals surface area contributed by atoms with Crippen LogP contribution < -0.4 is 5.73 Å². The average Bonchev–Trinajstić information content (AvgIpc) is 3.21. The van der Waals surface area contributed by atoms with Crippen LogP contribution in [0.3, 0.4) is 0 Å². The van der Waals surface area contributed by atoms with Gasteiger partial charge in [-0.1, -0.05) is 42.5 Å². The fraction of sp³-hybridized carbons (Fsp3) is 0.0800. The maximum absolute atomic E-state index is 9.07. The SMILES string of the molecule is N#Cc1ccc(Cc2cccc(-c3ncsc3N)c2Cc2ccc(C#N)cc2)cc1. The van der Waals surface area contributed by atoms with E-state index in [1.807, 2.05) is 54.6 Å². The highest BCUT2D eigenvalue weighted by molar-refractivity contribution is 7.14. The van der Waals surface area contributed by atoms with Crippen LogP contribution in [-0.2, 0) is 12.8 Å². The molecule has 0 unspecified atom stereocenters. The molecule has 0 aliphatic carbocycles. The monoisotopic (exact) mass is 406 g/mol. The molecule has 4 nitrogen and oxygen atoms in total. The molecule has 0 fully saturated rings. The Morgan fingerprint density at radius 3 is 1.93 bits per heavy atom. The summed E-state index contributed by atoms with van der Waals surface area (Å²) in [6.07, 6.45) is 1.46. The Balaban J connectivity index is 1.77. The van der Waals surface area contributed by atoms with Crippen molar-refractivity contribution in [3.63, 3.8) is 0 Å². The quantitative estimate of drug-likeness (QED) is 0.486. The number of nitrogens with zero attached hydrogens (tertiary/aromatic N) is 3. The van der Waals surface area contributed by atoms with E-state index in [1.165, 1.54) is 22.5 Å². The predicted octanol–water partition coefficient (Wildman–Crippen LogP) is 5.32. The first-order chi connectivity index (χ1) is 14.7. The van der Waals surface area contributed by atoms with Crippen LogP contribution in [-0.4, -0.2) is 4.98 Å². The standard InChI is InChI=1S/C25H18N4S/c26-14-19-8-4-17(5-9-19)12-21-2-1-3-22(24-25(28)30-16-29-24)23(21)13-18-6-10-20(15-27)11-7-18/h1-11,16H,12-13,28H2. The summed E-state index contributed by atoms with van der Waals surface area (Å²) in [7, 11) is 0. The summed E-state index contributed by atoms with van der Waals surface area (Å²) in [6.45, 7) is 0. The van der Waals surface area contributed by atoms with E-state index in [2.05, 4.69) is 29.3 Å². The maximum Gasteiger partial charge on any atom is 0.114 e. The Hall–Kier alpha value is -3.93. The summed E-state index contributed by atoms with van der Waals surface area (Å²) >= 11 is 1.43. The highest BCUT2D eigenvalue weighted by Gasteiger charge is 2.15. The lowest BCUT2D eigenvalue weighted by atomic mass is 9.90. The molecule has 5 heteroatoms. The summed E-state index contributed by atoms with van der Waals surface area (Å²) in [4.78, 5) is 4.50. The predicted molar refractivity (Wildman–Crippen MR) is 120 cm³/mol. The zero-order valence-corrected chi connectivity index (χ0v) is 17.0. The molecule has 4 aromatic rings. The fourth-order valence-electron chi connectivity index (χ4n) is 3.51. The van der Waals surface area contributed by atoms with Gasteiger partial charge in [0, 0.05) is 5.56 Å². The van der Waals surface area contributed by atoms with Gasteiger partial charge in [0.2, 0.25) is 0 Å². The van der Waals surface area contributed by atoms with Crippen LogP contribution in [0.1, 0.15) is 33.4 Å². The van der Waals surface area contributed by atoms with Crippen molar-refractivity contribution in [2.75, 3.05) is 5.73 Å². The molecule has 1 aromatic heterocycles. The van der Waals surface area contributed by atoms with E-state index in [4.69, 9.17) is 16.3 Å².